The molecule has 1 fully saturated rings. The monoisotopic (exact) mass is 385 g/mol. The molecule has 0 aromatic heterocycles. The molecule has 1 N–H and O–H groups in total. The Labute approximate surface area is 159 Å². The first-order chi connectivity index (χ1) is 13.0. The molecule has 0 unspecified atom stereocenters. The predicted molar refractivity (Wildman–Crippen MR) is 105 cm³/mol. The Kier molecular flexibility index (Phi) is 6.03. The molecule has 2 aromatic carbocycles. The molecule has 3 rings (SSSR count). The molecular formula is C20H23N3O3S. The molecule has 0 aliphatic carbocycles. The number of nitrogens with one attached hydrogen (secondary N) is 1. The van der Waals surface area contributed by atoms with Gasteiger partial charge in [-0.3, -0.25) is 4.79 Å². The second-order valence-electron chi connectivity index (χ2n) is 6.64. The summed E-state index contributed by atoms with van der Waals surface area (Å²) in [6.45, 7) is 2.67. The number of aryl methyl sites for hydroxylation is 1. The van der Waals surface area contributed by atoms with E-state index < -0.39 is 10.0 Å². The number of hydrogen-bond donors (Lipinski definition) is 1. The molecule has 0 radical (unpaired) electrons. The van der Waals surface area contributed by atoms with Crippen molar-refractivity contribution < 1.29 is 13.2 Å². The van der Waals surface area contributed by atoms with Gasteiger partial charge in [0.25, 0.3) is 0 Å². The number of benzene rings is 2. The van der Waals surface area contributed by atoms with Crippen molar-refractivity contribution in [1.29, 1.82) is 0 Å². The quantitative estimate of drug-likeness (QED) is 0.635. The largest absolute Gasteiger partial charge is 0.273 e. The van der Waals surface area contributed by atoms with Crippen LogP contribution in [-0.2, 0) is 14.8 Å². The number of amides is 1. The molecule has 1 aliphatic rings. The number of nitrogens with zero attached hydrogens (tertiary/aromatic N) is 2. The zero-order valence-electron chi connectivity index (χ0n) is 15.2. The van der Waals surface area contributed by atoms with Crippen LogP contribution in [0.4, 0.5) is 0 Å². The summed E-state index contributed by atoms with van der Waals surface area (Å²) >= 11 is 0. The van der Waals surface area contributed by atoms with Gasteiger partial charge in [0.1, 0.15) is 0 Å². The molecule has 7 heteroatoms. The van der Waals surface area contributed by atoms with Crippen LogP contribution in [-0.4, -0.2) is 37.9 Å². The van der Waals surface area contributed by atoms with E-state index >= 15 is 0 Å². The van der Waals surface area contributed by atoms with E-state index in [2.05, 4.69) is 10.5 Å². The van der Waals surface area contributed by atoms with E-state index in [1.54, 1.807) is 36.5 Å². The first kappa shape index (κ1) is 19.3. The zero-order valence-corrected chi connectivity index (χ0v) is 16.0. The normalized spacial score (nSPS) is 16.5. The Hall–Kier alpha value is -2.51. The van der Waals surface area contributed by atoms with E-state index in [0.29, 0.717) is 25.9 Å². The van der Waals surface area contributed by atoms with Crippen LogP contribution in [0.25, 0.3) is 0 Å². The van der Waals surface area contributed by atoms with Gasteiger partial charge in [-0.15, -0.1) is 0 Å². The summed E-state index contributed by atoms with van der Waals surface area (Å²) in [5, 5.41) is 4.01. The summed E-state index contributed by atoms with van der Waals surface area (Å²) in [6, 6.07) is 16.2. The van der Waals surface area contributed by atoms with Gasteiger partial charge in [-0.2, -0.15) is 9.41 Å². The molecule has 1 aliphatic heterocycles. The van der Waals surface area contributed by atoms with E-state index in [0.717, 1.165) is 11.1 Å². The maximum atomic E-state index is 12.6. The van der Waals surface area contributed by atoms with Crippen molar-refractivity contribution in [2.75, 3.05) is 13.1 Å². The molecule has 0 spiro atoms. The van der Waals surface area contributed by atoms with E-state index in [-0.39, 0.29) is 16.7 Å². The lowest BCUT2D eigenvalue weighted by Crippen LogP contribution is -2.42. The highest BCUT2D eigenvalue weighted by molar-refractivity contribution is 7.89. The minimum absolute atomic E-state index is 0.171. The average Bonchev–Trinajstić information content (AvgIpc) is 2.70. The number of piperidine rings is 1. The minimum atomic E-state index is -3.50. The fourth-order valence-corrected chi connectivity index (χ4v) is 4.50. The van der Waals surface area contributed by atoms with Gasteiger partial charge in [-0.25, -0.2) is 13.8 Å². The molecular weight excluding hydrogens is 362 g/mol. The van der Waals surface area contributed by atoms with Gasteiger partial charge in [-0.1, -0.05) is 48.0 Å². The molecule has 1 amide bonds. The van der Waals surface area contributed by atoms with E-state index in [4.69, 9.17) is 0 Å². The standard InChI is InChI=1S/C20H23N3O3S/c1-16-7-9-17(10-8-16)15-21-22-20(24)18-11-13-23(14-12-18)27(25,26)19-5-3-2-4-6-19/h2-10,15,18H,11-14H2,1H3,(H,22,24)/b21-15+. The zero-order chi connectivity index (χ0) is 19.3. The highest BCUT2D eigenvalue weighted by Gasteiger charge is 2.31. The Balaban J connectivity index is 1.53. The van der Waals surface area contributed by atoms with Crippen molar-refractivity contribution in [1.82, 2.24) is 9.73 Å². The second kappa shape index (κ2) is 8.45. The summed E-state index contributed by atoms with van der Waals surface area (Å²) in [6.07, 6.45) is 2.57. The maximum Gasteiger partial charge on any atom is 0.243 e. The Morgan fingerprint density at radius 2 is 1.70 bits per heavy atom. The highest BCUT2D eigenvalue weighted by atomic mass is 32.2. The lowest BCUT2D eigenvalue weighted by atomic mass is 9.98. The van der Waals surface area contributed by atoms with Gasteiger partial charge >= 0.3 is 0 Å². The summed E-state index contributed by atoms with van der Waals surface area (Å²) in [5.41, 5.74) is 4.63. The van der Waals surface area contributed by atoms with Crippen LogP contribution in [0.2, 0.25) is 0 Å². The fraction of sp³-hybridized carbons (Fsp3) is 0.300. The lowest BCUT2D eigenvalue weighted by Gasteiger charge is -2.30. The van der Waals surface area contributed by atoms with Crippen LogP contribution in [0.3, 0.4) is 0 Å². The third kappa shape index (κ3) is 4.81. The van der Waals surface area contributed by atoms with E-state index in [1.165, 1.54) is 4.31 Å². The van der Waals surface area contributed by atoms with Gasteiger partial charge in [0.2, 0.25) is 15.9 Å². The number of sulfonamides is 1. The van der Waals surface area contributed by atoms with Crippen LogP contribution in [0.5, 0.6) is 0 Å². The van der Waals surface area contributed by atoms with Crippen molar-refractivity contribution in [3.63, 3.8) is 0 Å². The molecule has 0 atom stereocenters. The number of carbonyl (C=O) groups is 1. The summed E-state index contributed by atoms with van der Waals surface area (Å²) in [4.78, 5) is 12.6. The summed E-state index contributed by atoms with van der Waals surface area (Å²) < 4.78 is 26.7. The van der Waals surface area contributed by atoms with Gasteiger partial charge in [0, 0.05) is 19.0 Å². The summed E-state index contributed by atoms with van der Waals surface area (Å²) in [7, 11) is -3.50. The summed E-state index contributed by atoms with van der Waals surface area (Å²) in [5.74, 6) is -0.405. The van der Waals surface area contributed by atoms with Crippen LogP contribution in [0, 0.1) is 12.8 Å². The van der Waals surface area contributed by atoms with Crippen molar-refractivity contribution in [3.05, 3.63) is 65.7 Å². The molecule has 1 heterocycles. The average molecular weight is 385 g/mol. The van der Waals surface area contributed by atoms with Gasteiger partial charge < -0.3 is 0 Å². The Morgan fingerprint density at radius 1 is 1.07 bits per heavy atom. The lowest BCUT2D eigenvalue weighted by molar-refractivity contribution is -0.126. The number of hydrazone groups is 1. The van der Waals surface area contributed by atoms with Crippen molar-refractivity contribution in [3.8, 4) is 0 Å². The molecule has 27 heavy (non-hydrogen) atoms. The van der Waals surface area contributed by atoms with E-state index in [9.17, 15) is 13.2 Å². The Bertz CT molecular complexity index is 901. The molecule has 0 saturated carbocycles. The van der Waals surface area contributed by atoms with Crippen molar-refractivity contribution in [2.24, 2.45) is 11.0 Å². The third-order valence-corrected chi connectivity index (χ3v) is 6.58. The first-order valence-electron chi connectivity index (χ1n) is 8.91. The topological polar surface area (TPSA) is 78.8 Å². The van der Waals surface area contributed by atoms with Crippen molar-refractivity contribution >= 4 is 22.1 Å². The van der Waals surface area contributed by atoms with Crippen LogP contribution >= 0.6 is 0 Å². The van der Waals surface area contributed by atoms with Crippen LogP contribution in [0.1, 0.15) is 24.0 Å². The van der Waals surface area contributed by atoms with Gasteiger partial charge in [0.15, 0.2) is 0 Å². The molecule has 6 nitrogen and oxygen atoms in total. The molecule has 0 bridgehead atoms. The predicted octanol–water partition coefficient (Wildman–Crippen LogP) is 2.55. The molecule has 2 aromatic rings. The van der Waals surface area contributed by atoms with Crippen LogP contribution < -0.4 is 5.43 Å². The third-order valence-electron chi connectivity index (χ3n) is 4.67. The van der Waals surface area contributed by atoms with Crippen LogP contribution in [0.15, 0.2) is 64.6 Å². The smallest absolute Gasteiger partial charge is 0.243 e. The highest BCUT2D eigenvalue weighted by Crippen LogP contribution is 2.23. The van der Waals surface area contributed by atoms with Gasteiger partial charge in [0.05, 0.1) is 11.1 Å². The number of rotatable bonds is 5. The number of hydrogen-bond acceptors (Lipinski definition) is 4. The molecule has 1 saturated heterocycles. The van der Waals surface area contributed by atoms with Crippen molar-refractivity contribution in [2.45, 2.75) is 24.7 Å². The fourth-order valence-electron chi connectivity index (χ4n) is 3.01. The van der Waals surface area contributed by atoms with E-state index in [1.807, 2.05) is 31.2 Å². The number of carbonyl (C=O) groups excluding carboxylic acids is 1. The molecule has 142 valence electrons. The van der Waals surface area contributed by atoms with Gasteiger partial charge in [-0.05, 0) is 37.5 Å². The Morgan fingerprint density at radius 3 is 2.33 bits per heavy atom. The SMILES string of the molecule is Cc1ccc(/C=N/NC(=O)C2CCN(S(=O)(=O)c3ccccc3)CC2)cc1. The minimum Gasteiger partial charge on any atom is -0.273 e. The maximum absolute atomic E-state index is 12.6. The first-order valence-corrected chi connectivity index (χ1v) is 10.4. The second-order valence-corrected chi connectivity index (χ2v) is 8.57.